The molecule has 3 atom stereocenters. The van der Waals surface area contributed by atoms with Crippen molar-refractivity contribution in [1.82, 2.24) is 5.32 Å². The molecule has 0 bridgehead atoms. The molecule has 0 aromatic heterocycles. The molecule has 0 saturated carbocycles. The number of carbonyl (C=O) groups is 2. The van der Waals surface area contributed by atoms with E-state index in [1.54, 1.807) is 0 Å². The number of nitrogens with one attached hydrogen (secondary N) is 1. The van der Waals surface area contributed by atoms with Gasteiger partial charge in [-0.2, -0.15) is 0 Å². The number of ether oxygens (including phenoxy) is 1. The lowest BCUT2D eigenvalue weighted by atomic mass is 9.82. The van der Waals surface area contributed by atoms with Crippen LogP contribution in [0.5, 0.6) is 0 Å². The lowest BCUT2D eigenvalue weighted by Gasteiger charge is -2.35. The van der Waals surface area contributed by atoms with E-state index in [0.29, 0.717) is 13.0 Å². The molecule has 1 aliphatic heterocycles. The second-order valence-electron chi connectivity index (χ2n) is 5.39. The molecule has 1 rings (SSSR count). The van der Waals surface area contributed by atoms with E-state index in [2.05, 4.69) is 5.32 Å². The van der Waals surface area contributed by atoms with Crippen LogP contribution in [0.4, 0.5) is 0 Å². The minimum absolute atomic E-state index is 0.0549. The second kappa shape index (κ2) is 5.69. The van der Waals surface area contributed by atoms with Crippen LogP contribution in [0.3, 0.4) is 0 Å². The summed E-state index contributed by atoms with van der Waals surface area (Å²) in [5, 5.41) is 2.81. The standard InChI is InChI=1S/C13H24N2O3/c1-5-13(8(2)3,12(14)17)15-11(16)10-9(4)6-7-18-10/h8-10H,5-7H2,1-4H3,(H2,14,17)(H,15,16)/t9-,10-,13-/m1/s1. The average Bonchev–Trinajstić information content (AvgIpc) is 2.71. The minimum Gasteiger partial charge on any atom is -0.368 e. The molecule has 0 aromatic carbocycles. The van der Waals surface area contributed by atoms with Gasteiger partial charge in [-0.1, -0.05) is 27.7 Å². The van der Waals surface area contributed by atoms with E-state index >= 15 is 0 Å². The van der Waals surface area contributed by atoms with Crippen LogP contribution in [0.25, 0.3) is 0 Å². The SMILES string of the molecule is CC[C@](NC(=O)[C@@H]1OCC[C@H]1C)(C(N)=O)C(C)C. The Hall–Kier alpha value is -1.10. The molecular weight excluding hydrogens is 232 g/mol. The topological polar surface area (TPSA) is 81.4 Å². The van der Waals surface area contributed by atoms with Crippen molar-refractivity contribution in [3.05, 3.63) is 0 Å². The molecule has 2 amide bonds. The highest BCUT2D eigenvalue weighted by atomic mass is 16.5. The summed E-state index contributed by atoms with van der Waals surface area (Å²) < 4.78 is 5.41. The van der Waals surface area contributed by atoms with Crippen LogP contribution in [-0.2, 0) is 14.3 Å². The maximum absolute atomic E-state index is 12.2. The number of rotatable bonds is 5. The van der Waals surface area contributed by atoms with E-state index in [4.69, 9.17) is 10.5 Å². The monoisotopic (exact) mass is 256 g/mol. The van der Waals surface area contributed by atoms with Gasteiger partial charge in [0.05, 0.1) is 0 Å². The van der Waals surface area contributed by atoms with Crippen molar-refractivity contribution in [2.45, 2.75) is 52.2 Å². The zero-order valence-electron chi connectivity index (χ0n) is 11.7. The van der Waals surface area contributed by atoms with Crippen molar-refractivity contribution in [2.24, 2.45) is 17.6 Å². The number of carbonyl (C=O) groups excluding carboxylic acids is 2. The Balaban J connectivity index is 2.84. The number of nitrogens with two attached hydrogens (primary N) is 1. The lowest BCUT2D eigenvalue weighted by Crippen LogP contribution is -2.62. The van der Waals surface area contributed by atoms with Crippen molar-refractivity contribution < 1.29 is 14.3 Å². The van der Waals surface area contributed by atoms with Crippen LogP contribution in [0.2, 0.25) is 0 Å². The third-order valence-electron chi connectivity index (χ3n) is 3.98. The third-order valence-corrected chi connectivity index (χ3v) is 3.98. The summed E-state index contributed by atoms with van der Waals surface area (Å²) in [7, 11) is 0. The highest BCUT2D eigenvalue weighted by molar-refractivity contribution is 5.92. The Labute approximate surface area is 108 Å². The Kier molecular flexibility index (Phi) is 4.73. The van der Waals surface area contributed by atoms with E-state index in [0.717, 1.165) is 6.42 Å². The molecule has 0 spiro atoms. The van der Waals surface area contributed by atoms with Crippen molar-refractivity contribution in [3.63, 3.8) is 0 Å². The summed E-state index contributed by atoms with van der Waals surface area (Å²) in [5.41, 5.74) is 4.49. The Bertz CT molecular complexity index is 330. The van der Waals surface area contributed by atoms with Crippen LogP contribution >= 0.6 is 0 Å². The van der Waals surface area contributed by atoms with Crippen molar-refractivity contribution in [1.29, 1.82) is 0 Å². The van der Waals surface area contributed by atoms with E-state index < -0.39 is 17.6 Å². The number of primary amides is 1. The van der Waals surface area contributed by atoms with Gasteiger partial charge in [-0.15, -0.1) is 0 Å². The van der Waals surface area contributed by atoms with Gasteiger partial charge in [0.15, 0.2) is 0 Å². The first-order valence-electron chi connectivity index (χ1n) is 6.58. The van der Waals surface area contributed by atoms with Gasteiger partial charge in [0.1, 0.15) is 11.6 Å². The molecule has 1 heterocycles. The Morgan fingerprint density at radius 3 is 2.44 bits per heavy atom. The fourth-order valence-electron chi connectivity index (χ4n) is 2.48. The first-order valence-corrected chi connectivity index (χ1v) is 6.58. The molecule has 0 unspecified atom stereocenters. The molecule has 18 heavy (non-hydrogen) atoms. The predicted octanol–water partition coefficient (Wildman–Crippen LogP) is 0.818. The van der Waals surface area contributed by atoms with Gasteiger partial charge in [-0.25, -0.2) is 0 Å². The van der Waals surface area contributed by atoms with Crippen LogP contribution in [0.15, 0.2) is 0 Å². The van der Waals surface area contributed by atoms with Gasteiger partial charge in [0.2, 0.25) is 11.8 Å². The van der Waals surface area contributed by atoms with Crippen molar-refractivity contribution >= 4 is 11.8 Å². The van der Waals surface area contributed by atoms with Gasteiger partial charge in [0.25, 0.3) is 0 Å². The Morgan fingerprint density at radius 1 is 1.50 bits per heavy atom. The average molecular weight is 256 g/mol. The van der Waals surface area contributed by atoms with Gasteiger partial charge < -0.3 is 15.8 Å². The van der Waals surface area contributed by atoms with E-state index in [1.165, 1.54) is 0 Å². The van der Waals surface area contributed by atoms with E-state index in [1.807, 2.05) is 27.7 Å². The van der Waals surface area contributed by atoms with E-state index in [-0.39, 0.29) is 17.7 Å². The fraction of sp³-hybridized carbons (Fsp3) is 0.846. The molecule has 1 fully saturated rings. The lowest BCUT2D eigenvalue weighted by molar-refractivity contribution is -0.139. The van der Waals surface area contributed by atoms with Crippen molar-refractivity contribution in [2.75, 3.05) is 6.61 Å². The minimum atomic E-state index is -0.983. The first-order chi connectivity index (χ1) is 8.35. The summed E-state index contributed by atoms with van der Waals surface area (Å²) in [6, 6.07) is 0. The first kappa shape index (κ1) is 15.0. The highest BCUT2D eigenvalue weighted by Gasteiger charge is 2.42. The van der Waals surface area contributed by atoms with Gasteiger partial charge in [-0.3, -0.25) is 9.59 Å². The normalized spacial score (nSPS) is 26.9. The van der Waals surface area contributed by atoms with Crippen molar-refractivity contribution in [3.8, 4) is 0 Å². The molecule has 104 valence electrons. The van der Waals surface area contributed by atoms with Crippen LogP contribution < -0.4 is 11.1 Å². The molecule has 0 radical (unpaired) electrons. The van der Waals surface area contributed by atoms with Crippen LogP contribution in [0.1, 0.15) is 40.5 Å². The molecule has 3 N–H and O–H groups in total. The summed E-state index contributed by atoms with van der Waals surface area (Å²) in [4.78, 5) is 23.9. The third kappa shape index (κ3) is 2.66. The zero-order chi connectivity index (χ0) is 13.9. The predicted molar refractivity (Wildman–Crippen MR) is 68.7 cm³/mol. The quantitative estimate of drug-likeness (QED) is 0.764. The van der Waals surface area contributed by atoms with Crippen LogP contribution in [0, 0.1) is 11.8 Å². The molecule has 1 aliphatic rings. The maximum Gasteiger partial charge on any atom is 0.250 e. The van der Waals surface area contributed by atoms with Gasteiger partial charge in [0, 0.05) is 6.61 Å². The number of amides is 2. The zero-order valence-corrected chi connectivity index (χ0v) is 11.7. The highest BCUT2D eigenvalue weighted by Crippen LogP contribution is 2.24. The molecule has 0 aromatic rings. The second-order valence-corrected chi connectivity index (χ2v) is 5.39. The fourth-order valence-corrected chi connectivity index (χ4v) is 2.48. The summed E-state index contributed by atoms with van der Waals surface area (Å²) in [6.07, 6.45) is 0.886. The van der Waals surface area contributed by atoms with E-state index in [9.17, 15) is 9.59 Å². The van der Waals surface area contributed by atoms with Crippen LogP contribution in [-0.4, -0.2) is 30.1 Å². The molecule has 1 saturated heterocycles. The smallest absolute Gasteiger partial charge is 0.250 e. The summed E-state index contributed by atoms with van der Waals surface area (Å²) in [6.45, 7) is 8.19. The summed E-state index contributed by atoms with van der Waals surface area (Å²) >= 11 is 0. The number of hydrogen-bond acceptors (Lipinski definition) is 3. The molecule has 0 aliphatic carbocycles. The molecular formula is C13H24N2O3. The largest absolute Gasteiger partial charge is 0.368 e. The van der Waals surface area contributed by atoms with Gasteiger partial charge in [-0.05, 0) is 24.7 Å². The Morgan fingerprint density at radius 2 is 2.11 bits per heavy atom. The maximum atomic E-state index is 12.2. The van der Waals surface area contributed by atoms with Gasteiger partial charge >= 0.3 is 0 Å². The molecule has 5 heteroatoms. The molecule has 5 nitrogen and oxygen atoms in total. The summed E-state index contributed by atoms with van der Waals surface area (Å²) in [5.74, 6) is -0.589. The number of hydrogen-bond donors (Lipinski definition) is 2.